The number of imidazole rings is 1. The highest BCUT2D eigenvalue weighted by Crippen LogP contribution is 2.30. The number of carbonyl (C=O) groups is 1. The van der Waals surface area contributed by atoms with Crippen LogP contribution in [-0.4, -0.2) is 31.4 Å². The zero-order valence-corrected chi connectivity index (χ0v) is 19.4. The van der Waals surface area contributed by atoms with Crippen molar-refractivity contribution in [3.8, 4) is 34.7 Å². The number of benzene rings is 3. The number of nitrogens with zero attached hydrogens (tertiary/aromatic N) is 3. The van der Waals surface area contributed by atoms with E-state index >= 15 is 0 Å². The van der Waals surface area contributed by atoms with Gasteiger partial charge in [-0.1, -0.05) is 72.8 Å². The minimum atomic E-state index is -4.07. The van der Waals surface area contributed by atoms with Crippen LogP contribution in [-0.2, 0) is 21.4 Å². The summed E-state index contributed by atoms with van der Waals surface area (Å²) in [6.07, 6.45) is 2.00. The van der Waals surface area contributed by atoms with E-state index in [9.17, 15) is 13.2 Å². The quantitative estimate of drug-likeness (QED) is 0.216. The summed E-state index contributed by atoms with van der Waals surface area (Å²) in [6, 6.07) is 23.1. The molecule has 0 fully saturated rings. The van der Waals surface area contributed by atoms with Crippen molar-refractivity contribution in [1.29, 1.82) is 5.26 Å². The molecule has 1 heterocycles. The lowest BCUT2D eigenvalue weighted by molar-refractivity contribution is 0.111. The standard InChI is InChI=1S/C25H20N4O5S/c1-33-25-22(16-30)29(24(27-25)20-7-3-2-4-8-20)15-18-11-13-19(14-12-18)21-9-5-6-10-23(21)35(31,32)28-34-17-26/h2-14,16,28H,15H2,1H3. The predicted octanol–water partition coefficient (Wildman–Crippen LogP) is 3.78. The zero-order chi connectivity index (χ0) is 24.8. The number of carbonyl (C=O) groups excluding carboxylic acids is 1. The van der Waals surface area contributed by atoms with E-state index in [0.29, 0.717) is 35.5 Å². The fraction of sp³-hybridized carbons (Fsp3) is 0.0800. The van der Waals surface area contributed by atoms with Gasteiger partial charge in [0.2, 0.25) is 5.88 Å². The molecule has 0 aliphatic heterocycles. The Morgan fingerprint density at radius 1 is 1.00 bits per heavy atom. The maximum Gasteiger partial charge on any atom is 0.308 e. The number of hydrogen-bond donors (Lipinski definition) is 1. The van der Waals surface area contributed by atoms with Gasteiger partial charge in [-0.05, 0) is 22.1 Å². The van der Waals surface area contributed by atoms with Gasteiger partial charge in [0.05, 0.1) is 12.0 Å². The fourth-order valence-electron chi connectivity index (χ4n) is 3.71. The largest absolute Gasteiger partial charge is 0.479 e. The maximum absolute atomic E-state index is 12.5. The molecule has 176 valence electrons. The first-order valence-corrected chi connectivity index (χ1v) is 11.9. The molecule has 4 aromatic rings. The monoisotopic (exact) mass is 488 g/mol. The Kier molecular flexibility index (Phi) is 6.91. The number of aldehydes is 1. The number of sulfonamides is 1. The average molecular weight is 489 g/mol. The van der Waals surface area contributed by atoms with E-state index in [1.165, 1.54) is 19.4 Å². The van der Waals surface area contributed by atoms with Gasteiger partial charge in [-0.25, -0.2) is 8.42 Å². The Morgan fingerprint density at radius 3 is 2.34 bits per heavy atom. The third kappa shape index (κ3) is 4.91. The topological polar surface area (TPSA) is 123 Å². The van der Waals surface area contributed by atoms with Crippen molar-refractivity contribution in [3.63, 3.8) is 0 Å². The lowest BCUT2D eigenvalue weighted by Gasteiger charge is -2.12. The highest BCUT2D eigenvalue weighted by molar-refractivity contribution is 7.89. The van der Waals surface area contributed by atoms with Gasteiger partial charge in [-0.15, -0.1) is 5.26 Å². The van der Waals surface area contributed by atoms with E-state index in [4.69, 9.17) is 10.00 Å². The second-order valence-electron chi connectivity index (χ2n) is 7.37. The third-order valence-electron chi connectivity index (χ3n) is 5.29. The molecule has 35 heavy (non-hydrogen) atoms. The van der Waals surface area contributed by atoms with Crippen molar-refractivity contribution in [2.24, 2.45) is 0 Å². The Balaban J connectivity index is 1.70. The van der Waals surface area contributed by atoms with Crippen molar-refractivity contribution >= 4 is 16.3 Å². The first-order valence-electron chi connectivity index (χ1n) is 10.4. The van der Waals surface area contributed by atoms with Crippen LogP contribution in [0.25, 0.3) is 22.5 Å². The Labute approximate surface area is 202 Å². The van der Waals surface area contributed by atoms with Gasteiger partial charge in [0.15, 0.2) is 6.29 Å². The van der Waals surface area contributed by atoms with E-state index in [2.05, 4.69) is 9.82 Å². The van der Waals surface area contributed by atoms with Crippen molar-refractivity contribution in [1.82, 2.24) is 14.4 Å². The summed E-state index contributed by atoms with van der Waals surface area (Å²) in [6.45, 7) is 0.340. The number of methoxy groups -OCH3 is 1. The number of nitrogens with one attached hydrogen (secondary N) is 1. The summed E-state index contributed by atoms with van der Waals surface area (Å²) < 4.78 is 32.1. The summed E-state index contributed by atoms with van der Waals surface area (Å²) in [4.78, 5) is 22.3. The first kappa shape index (κ1) is 23.7. The van der Waals surface area contributed by atoms with Crippen LogP contribution < -0.4 is 9.62 Å². The third-order valence-corrected chi connectivity index (χ3v) is 6.53. The molecule has 0 aliphatic rings. The molecule has 9 nitrogen and oxygen atoms in total. The summed E-state index contributed by atoms with van der Waals surface area (Å²) in [5.74, 6) is 0.829. The molecule has 0 saturated carbocycles. The minimum absolute atomic E-state index is 0.0306. The van der Waals surface area contributed by atoms with Crippen LogP contribution in [0.5, 0.6) is 5.88 Å². The van der Waals surface area contributed by atoms with Crippen LogP contribution in [0, 0.1) is 11.5 Å². The smallest absolute Gasteiger partial charge is 0.308 e. The van der Waals surface area contributed by atoms with Crippen LogP contribution in [0.15, 0.2) is 83.8 Å². The Bertz CT molecular complexity index is 1490. The van der Waals surface area contributed by atoms with Crippen LogP contribution in [0.3, 0.4) is 0 Å². The van der Waals surface area contributed by atoms with Gasteiger partial charge in [0.25, 0.3) is 10.0 Å². The molecule has 0 bridgehead atoms. The van der Waals surface area contributed by atoms with Gasteiger partial charge < -0.3 is 14.1 Å². The van der Waals surface area contributed by atoms with Gasteiger partial charge in [-0.3, -0.25) is 4.79 Å². The van der Waals surface area contributed by atoms with E-state index in [-0.39, 0.29) is 10.8 Å². The van der Waals surface area contributed by atoms with Gasteiger partial charge >= 0.3 is 6.26 Å². The molecule has 0 unspecified atom stereocenters. The van der Waals surface area contributed by atoms with E-state index < -0.39 is 10.0 Å². The average Bonchev–Trinajstić information content (AvgIpc) is 3.25. The molecule has 3 aromatic carbocycles. The van der Waals surface area contributed by atoms with Gasteiger partial charge in [0.1, 0.15) is 11.5 Å². The van der Waals surface area contributed by atoms with Crippen molar-refractivity contribution in [3.05, 3.63) is 90.1 Å². The molecule has 0 atom stereocenters. The summed E-state index contributed by atoms with van der Waals surface area (Å²) in [7, 11) is -2.60. The molecule has 10 heteroatoms. The summed E-state index contributed by atoms with van der Waals surface area (Å²) >= 11 is 0. The lowest BCUT2D eigenvalue weighted by atomic mass is 10.0. The van der Waals surface area contributed by atoms with Crippen molar-refractivity contribution in [2.45, 2.75) is 11.4 Å². The summed E-state index contributed by atoms with van der Waals surface area (Å²) in [5.41, 5.74) is 3.10. The fourth-order valence-corrected chi connectivity index (χ4v) is 4.68. The normalized spacial score (nSPS) is 11.0. The molecule has 0 spiro atoms. The number of hydrogen-bond acceptors (Lipinski definition) is 7. The Morgan fingerprint density at radius 2 is 1.69 bits per heavy atom. The lowest BCUT2D eigenvalue weighted by Crippen LogP contribution is -2.22. The van der Waals surface area contributed by atoms with Crippen LogP contribution in [0.1, 0.15) is 16.1 Å². The molecular formula is C25H20N4O5S. The van der Waals surface area contributed by atoms with Crippen molar-refractivity contribution < 1.29 is 22.8 Å². The molecule has 0 saturated heterocycles. The molecule has 0 aliphatic carbocycles. The van der Waals surface area contributed by atoms with E-state index in [0.717, 1.165) is 11.1 Å². The summed E-state index contributed by atoms with van der Waals surface area (Å²) in [5, 5.41) is 8.53. The second-order valence-corrected chi connectivity index (χ2v) is 8.99. The molecule has 4 rings (SSSR count). The molecule has 0 amide bonds. The number of ether oxygens (including phenoxy) is 1. The minimum Gasteiger partial charge on any atom is -0.479 e. The van der Waals surface area contributed by atoms with Crippen LogP contribution in [0.2, 0.25) is 0 Å². The Hall–Kier alpha value is -4.46. The van der Waals surface area contributed by atoms with Crippen molar-refractivity contribution in [2.75, 3.05) is 7.11 Å². The van der Waals surface area contributed by atoms with Crippen LogP contribution >= 0.6 is 0 Å². The van der Waals surface area contributed by atoms with Gasteiger partial charge in [-0.2, -0.15) is 4.98 Å². The molecule has 1 N–H and O–H groups in total. The van der Waals surface area contributed by atoms with E-state index in [1.807, 2.05) is 42.5 Å². The van der Waals surface area contributed by atoms with Crippen LogP contribution in [0.4, 0.5) is 0 Å². The molecular weight excluding hydrogens is 468 g/mol. The second kappa shape index (κ2) is 10.2. The highest BCUT2D eigenvalue weighted by Gasteiger charge is 2.21. The number of rotatable bonds is 9. The number of aromatic nitrogens is 2. The van der Waals surface area contributed by atoms with E-state index in [1.54, 1.807) is 39.8 Å². The SMILES string of the molecule is COc1nc(-c2ccccc2)n(Cc2ccc(-c3ccccc3S(=O)(=O)NOC#N)cc2)c1C=O. The first-order chi connectivity index (χ1) is 17.0. The predicted molar refractivity (Wildman–Crippen MR) is 128 cm³/mol. The highest BCUT2D eigenvalue weighted by atomic mass is 32.2. The van der Waals surface area contributed by atoms with Gasteiger partial charge in [0, 0.05) is 17.7 Å². The molecule has 1 aromatic heterocycles. The zero-order valence-electron chi connectivity index (χ0n) is 18.6. The molecule has 0 radical (unpaired) electrons. The number of nitriles is 1. The maximum atomic E-state index is 12.5.